The van der Waals surface area contributed by atoms with Gasteiger partial charge in [0, 0.05) is 18.8 Å². The molecular weight excluding hydrogens is 362 g/mol. The maximum absolute atomic E-state index is 12.6. The average molecular weight is 383 g/mol. The molecule has 2 heterocycles. The van der Waals surface area contributed by atoms with E-state index >= 15 is 0 Å². The number of amides is 2. The Kier molecular flexibility index (Phi) is 4.92. The molecule has 0 bridgehead atoms. The van der Waals surface area contributed by atoms with Crippen LogP contribution in [0, 0.1) is 0 Å². The number of nitrogens with one attached hydrogen (secondary N) is 2. The Bertz CT molecular complexity index is 901. The van der Waals surface area contributed by atoms with Gasteiger partial charge in [-0.1, -0.05) is 12.1 Å². The van der Waals surface area contributed by atoms with Gasteiger partial charge in [-0.2, -0.15) is 0 Å². The molecule has 0 radical (unpaired) electrons. The number of hydrogen-bond acceptors (Lipinski definition) is 6. The quantitative estimate of drug-likeness (QED) is 0.830. The number of rotatable bonds is 4. The molecule has 8 nitrogen and oxygen atoms in total. The fourth-order valence-corrected chi connectivity index (χ4v) is 3.25. The van der Waals surface area contributed by atoms with E-state index in [-0.39, 0.29) is 24.9 Å². The number of carbonyl (C=O) groups excluding carboxylic acids is 2. The summed E-state index contributed by atoms with van der Waals surface area (Å²) >= 11 is 0. The molecule has 2 aromatic rings. The van der Waals surface area contributed by atoms with Gasteiger partial charge in [-0.15, -0.1) is 0 Å². The monoisotopic (exact) mass is 383 g/mol. The van der Waals surface area contributed by atoms with E-state index in [1.165, 1.54) is 0 Å². The van der Waals surface area contributed by atoms with Crippen molar-refractivity contribution in [2.24, 2.45) is 0 Å². The van der Waals surface area contributed by atoms with Gasteiger partial charge in [0.1, 0.15) is 19.0 Å². The number of para-hydroxylation sites is 2. The second kappa shape index (κ2) is 7.67. The second-order valence-electron chi connectivity index (χ2n) is 6.48. The number of likely N-dealkylation sites (N-methyl/N-ethyl adjacent to an activating group) is 1. The molecule has 0 fully saturated rings. The summed E-state index contributed by atoms with van der Waals surface area (Å²) in [5.74, 6) is 1.42. The van der Waals surface area contributed by atoms with Crippen molar-refractivity contribution in [3.8, 4) is 17.2 Å². The van der Waals surface area contributed by atoms with Crippen LogP contribution in [0.15, 0.2) is 42.5 Å². The summed E-state index contributed by atoms with van der Waals surface area (Å²) < 4.78 is 16.8. The van der Waals surface area contributed by atoms with Gasteiger partial charge >= 0.3 is 0 Å². The molecule has 28 heavy (non-hydrogen) atoms. The fourth-order valence-electron chi connectivity index (χ4n) is 3.25. The lowest BCUT2D eigenvalue weighted by molar-refractivity contribution is -0.127. The van der Waals surface area contributed by atoms with E-state index in [2.05, 4.69) is 10.6 Å². The molecule has 2 aromatic carbocycles. The SMILES string of the molecule is CNC(=O)[C@@H]1CN(CC(=O)Nc2ccc3c(c2)OCCO3)c2ccccc2O1. The van der Waals surface area contributed by atoms with Gasteiger partial charge in [0.15, 0.2) is 17.6 Å². The summed E-state index contributed by atoms with van der Waals surface area (Å²) in [5, 5.41) is 5.46. The lowest BCUT2D eigenvalue weighted by Gasteiger charge is -2.35. The van der Waals surface area contributed by atoms with Gasteiger partial charge in [0.2, 0.25) is 5.91 Å². The number of fused-ring (bicyclic) bond motifs is 2. The third-order valence-corrected chi connectivity index (χ3v) is 4.56. The minimum Gasteiger partial charge on any atom is -0.486 e. The first-order valence-corrected chi connectivity index (χ1v) is 9.06. The lowest BCUT2D eigenvalue weighted by atomic mass is 10.1. The predicted molar refractivity (Wildman–Crippen MR) is 103 cm³/mol. The molecule has 2 N–H and O–H groups in total. The minimum atomic E-state index is -0.679. The molecule has 4 rings (SSSR count). The van der Waals surface area contributed by atoms with E-state index in [0.29, 0.717) is 36.1 Å². The van der Waals surface area contributed by atoms with Crippen molar-refractivity contribution in [3.05, 3.63) is 42.5 Å². The summed E-state index contributed by atoms with van der Waals surface area (Å²) in [7, 11) is 1.56. The van der Waals surface area contributed by atoms with Gasteiger partial charge < -0.3 is 29.7 Å². The maximum Gasteiger partial charge on any atom is 0.262 e. The number of nitrogens with zero attached hydrogens (tertiary/aromatic N) is 1. The Labute approximate surface area is 162 Å². The predicted octanol–water partition coefficient (Wildman–Crippen LogP) is 1.41. The van der Waals surface area contributed by atoms with Crippen LogP contribution >= 0.6 is 0 Å². The van der Waals surface area contributed by atoms with Crippen LogP contribution in [0.3, 0.4) is 0 Å². The van der Waals surface area contributed by atoms with Crippen LogP contribution < -0.4 is 29.7 Å². The Morgan fingerprint density at radius 2 is 1.86 bits per heavy atom. The average Bonchev–Trinajstić information content (AvgIpc) is 2.73. The van der Waals surface area contributed by atoms with Gasteiger partial charge in [-0.3, -0.25) is 9.59 Å². The summed E-state index contributed by atoms with van der Waals surface area (Å²) in [6, 6.07) is 12.6. The van der Waals surface area contributed by atoms with Crippen LogP contribution in [0.4, 0.5) is 11.4 Å². The third-order valence-electron chi connectivity index (χ3n) is 4.56. The zero-order chi connectivity index (χ0) is 19.5. The first-order chi connectivity index (χ1) is 13.6. The molecule has 2 aliphatic heterocycles. The lowest BCUT2D eigenvalue weighted by Crippen LogP contribution is -2.50. The fraction of sp³-hybridized carbons (Fsp3) is 0.300. The van der Waals surface area contributed by atoms with Crippen molar-refractivity contribution in [3.63, 3.8) is 0 Å². The number of ether oxygens (including phenoxy) is 3. The highest BCUT2D eigenvalue weighted by molar-refractivity contribution is 5.95. The summed E-state index contributed by atoms with van der Waals surface area (Å²) in [6.07, 6.45) is -0.679. The second-order valence-corrected chi connectivity index (χ2v) is 6.48. The molecule has 146 valence electrons. The molecule has 1 atom stereocenters. The maximum atomic E-state index is 12.6. The van der Waals surface area contributed by atoms with Crippen molar-refractivity contribution in [1.29, 1.82) is 0 Å². The number of benzene rings is 2. The number of carbonyl (C=O) groups is 2. The molecule has 0 spiro atoms. The van der Waals surface area contributed by atoms with Crippen LogP contribution in [-0.4, -0.2) is 51.3 Å². The van der Waals surface area contributed by atoms with Crippen molar-refractivity contribution in [2.45, 2.75) is 6.10 Å². The van der Waals surface area contributed by atoms with E-state index in [9.17, 15) is 9.59 Å². The van der Waals surface area contributed by atoms with E-state index < -0.39 is 6.10 Å². The zero-order valence-corrected chi connectivity index (χ0v) is 15.4. The molecular formula is C20H21N3O5. The smallest absolute Gasteiger partial charge is 0.262 e. The van der Waals surface area contributed by atoms with Crippen molar-refractivity contribution in [2.75, 3.05) is 43.6 Å². The van der Waals surface area contributed by atoms with E-state index in [0.717, 1.165) is 5.69 Å². The number of anilines is 2. The largest absolute Gasteiger partial charge is 0.486 e. The van der Waals surface area contributed by atoms with Crippen LogP contribution in [0.1, 0.15) is 0 Å². The van der Waals surface area contributed by atoms with Gasteiger partial charge in [0.05, 0.1) is 18.8 Å². The normalized spacial score (nSPS) is 17.2. The Morgan fingerprint density at radius 1 is 1.07 bits per heavy atom. The molecule has 0 aliphatic carbocycles. The van der Waals surface area contributed by atoms with Gasteiger partial charge in [0.25, 0.3) is 5.91 Å². The molecule has 0 aromatic heterocycles. The summed E-state index contributed by atoms with van der Waals surface area (Å²) in [5.41, 5.74) is 1.40. The summed E-state index contributed by atoms with van der Waals surface area (Å²) in [4.78, 5) is 26.5. The van der Waals surface area contributed by atoms with Gasteiger partial charge in [-0.05, 0) is 24.3 Å². The summed E-state index contributed by atoms with van der Waals surface area (Å²) in [6.45, 7) is 1.37. The van der Waals surface area contributed by atoms with E-state index in [4.69, 9.17) is 14.2 Å². The Hall–Kier alpha value is -3.42. The molecule has 0 saturated carbocycles. The highest BCUT2D eigenvalue weighted by Gasteiger charge is 2.31. The standard InChI is InChI=1S/C20H21N3O5/c1-21-20(25)18-11-23(14-4-2-3-5-15(14)28-18)12-19(24)22-13-6-7-16-17(10-13)27-9-8-26-16/h2-7,10,18H,8-9,11-12H2,1H3,(H,21,25)(H,22,24)/t18-/m0/s1. The van der Waals surface area contributed by atoms with Crippen molar-refractivity contribution in [1.82, 2.24) is 5.32 Å². The molecule has 2 aliphatic rings. The molecule has 0 saturated heterocycles. The topological polar surface area (TPSA) is 89.1 Å². The van der Waals surface area contributed by atoms with Gasteiger partial charge in [-0.25, -0.2) is 0 Å². The van der Waals surface area contributed by atoms with E-state index in [1.807, 2.05) is 23.1 Å². The third kappa shape index (κ3) is 3.66. The van der Waals surface area contributed by atoms with E-state index in [1.54, 1.807) is 31.3 Å². The van der Waals surface area contributed by atoms with Crippen molar-refractivity contribution >= 4 is 23.2 Å². The Morgan fingerprint density at radius 3 is 2.68 bits per heavy atom. The minimum absolute atomic E-state index is 0.0856. The highest BCUT2D eigenvalue weighted by atomic mass is 16.6. The first kappa shape index (κ1) is 18.0. The molecule has 8 heteroatoms. The van der Waals surface area contributed by atoms with Crippen molar-refractivity contribution < 1.29 is 23.8 Å². The number of hydrogen-bond donors (Lipinski definition) is 2. The molecule has 0 unspecified atom stereocenters. The molecule has 2 amide bonds. The van der Waals surface area contributed by atoms with Crippen LogP contribution in [0.5, 0.6) is 17.2 Å². The zero-order valence-electron chi connectivity index (χ0n) is 15.4. The van der Waals surface area contributed by atoms with Crippen LogP contribution in [0.25, 0.3) is 0 Å². The highest BCUT2D eigenvalue weighted by Crippen LogP contribution is 2.34. The van der Waals surface area contributed by atoms with Crippen LogP contribution in [-0.2, 0) is 9.59 Å². The van der Waals surface area contributed by atoms with Crippen LogP contribution in [0.2, 0.25) is 0 Å². The first-order valence-electron chi connectivity index (χ1n) is 9.06. The Balaban J connectivity index is 1.48.